The van der Waals surface area contributed by atoms with Crippen LogP contribution in [0.15, 0.2) is 53.5 Å². The number of rotatable bonds is 4. The van der Waals surface area contributed by atoms with E-state index >= 15 is 0 Å². The first-order valence-electron chi connectivity index (χ1n) is 8.09. The predicted molar refractivity (Wildman–Crippen MR) is 86.5 cm³/mol. The molecule has 1 N–H and O–H groups in total. The SMILES string of the molecule is FC(F)(F)c1ccc(-n2ncc3c2COC[C@H]3NCc2ccoc2)cc1. The van der Waals surface area contributed by atoms with E-state index in [9.17, 15) is 13.2 Å². The molecular weight excluding hydrogens is 347 g/mol. The van der Waals surface area contributed by atoms with Crippen molar-refractivity contribution < 1.29 is 22.3 Å². The summed E-state index contributed by atoms with van der Waals surface area (Å²) in [5.74, 6) is 0. The minimum absolute atomic E-state index is 0.0446. The molecule has 1 aromatic carbocycles. The Morgan fingerprint density at radius 3 is 2.69 bits per heavy atom. The van der Waals surface area contributed by atoms with Crippen molar-refractivity contribution in [1.29, 1.82) is 0 Å². The summed E-state index contributed by atoms with van der Waals surface area (Å²) in [4.78, 5) is 0. The van der Waals surface area contributed by atoms with E-state index in [1.54, 1.807) is 23.4 Å². The fourth-order valence-corrected chi connectivity index (χ4v) is 3.00. The summed E-state index contributed by atoms with van der Waals surface area (Å²) in [7, 11) is 0. The second-order valence-corrected chi connectivity index (χ2v) is 6.08. The topological polar surface area (TPSA) is 52.2 Å². The Labute approximate surface area is 147 Å². The molecule has 1 aliphatic heterocycles. The summed E-state index contributed by atoms with van der Waals surface area (Å²) in [5, 5.41) is 7.74. The van der Waals surface area contributed by atoms with Gasteiger partial charge in [-0.05, 0) is 30.3 Å². The summed E-state index contributed by atoms with van der Waals surface area (Å²) in [6.07, 6.45) is 0.668. The molecule has 2 aromatic heterocycles. The lowest BCUT2D eigenvalue weighted by Gasteiger charge is -2.24. The normalized spacial score (nSPS) is 17.3. The first-order valence-corrected chi connectivity index (χ1v) is 8.09. The van der Waals surface area contributed by atoms with Crippen LogP contribution in [0.4, 0.5) is 13.2 Å². The zero-order chi connectivity index (χ0) is 18.1. The number of halogens is 3. The Morgan fingerprint density at radius 1 is 1.19 bits per heavy atom. The summed E-state index contributed by atoms with van der Waals surface area (Å²) in [6, 6.07) is 6.78. The Balaban J connectivity index is 1.56. The molecular formula is C18H16F3N3O2. The third-order valence-electron chi connectivity index (χ3n) is 4.37. The van der Waals surface area contributed by atoms with Gasteiger partial charge in [0.05, 0.1) is 54.9 Å². The van der Waals surface area contributed by atoms with Crippen LogP contribution in [-0.2, 0) is 24.1 Å². The average Bonchev–Trinajstić information content (AvgIpc) is 3.29. The van der Waals surface area contributed by atoms with E-state index in [4.69, 9.17) is 9.15 Å². The van der Waals surface area contributed by atoms with Gasteiger partial charge in [-0.2, -0.15) is 18.3 Å². The highest BCUT2D eigenvalue weighted by Crippen LogP contribution is 2.31. The molecule has 0 spiro atoms. The minimum atomic E-state index is -4.35. The summed E-state index contributed by atoms with van der Waals surface area (Å²) >= 11 is 0. The molecule has 0 saturated carbocycles. The van der Waals surface area contributed by atoms with Gasteiger partial charge in [-0.15, -0.1) is 0 Å². The quantitative estimate of drug-likeness (QED) is 0.765. The Morgan fingerprint density at radius 2 is 2.00 bits per heavy atom. The maximum absolute atomic E-state index is 12.7. The molecule has 0 bridgehead atoms. The summed E-state index contributed by atoms with van der Waals surface area (Å²) in [6.45, 7) is 1.49. The molecule has 0 radical (unpaired) electrons. The molecule has 1 aliphatic rings. The molecule has 26 heavy (non-hydrogen) atoms. The maximum Gasteiger partial charge on any atom is 0.416 e. The standard InChI is InChI=1S/C18H16F3N3O2/c19-18(20,21)13-1-3-14(4-2-13)24-17-11-26-10-16(15(17)8-23-24)22-7-12-5-6-25-9-12/h1-6,8-9,16,22H,7,10-11H2/t16-/m1/s1. The molecule has 0 aliphatic carbocycles. The molecule has 1 atom stereocenters. The second-order valence-electron chi connectivity index (χ2n) is 6.08. The highest BCUT2D eigenvalue weighted by molar-refractivity contribution is 5.39. The van der Waals surface area contributed by atoms with E-state index < -0.39 is 11.7 Å². The van der Waals surface area contributed by atoms with Gasteiger partial charge in [0.15, 0.2) is 0 Å². The van der Waals surface area contributed by atoms with Gasteiger partial charge in [-0.25, -0.2) is 4.68 Å². The van der Waals surface area contributed by atoms with Crippen molar-refractivity contribution in [2.24, 2.45) is 0 Å². The van der Waals surface area contributed by atoms with Crippen LogP contribution >= 0.6 is 0 Å². The smallest absolute Gasteiger partial charge is 0.416 e. The van der Waals surface area contributed by atoms with Crippen molar-refractivity contribution in [3.63, 3.8) is 0 Å². The monoisotopic (exact) mass is 363 g/mol. The number of alkyl halides is 3. The fraction of sp³-hybridized carbons (Fsp3) is 0.278. The molecule has 8 heteroatoms. The van der Waals surface area contributed by atoms with Crippen molar-refractivity contribution in [2.45, 2.75) is 25.4 Å². The van der Waals surface area contributed by atoms with Crippen molar-refractivity contribution in [3.8, 4) is 5.69 Å². The molecule has 4 rings (SSSR count). The van der Waals surface area contributed by atoms with Crippen LogP contribution in [0.1, 0.15) is 28.4 Å². The fourth-order valence-electron chi connectivity index (χ4n) is 3.00. The van der Waals surface area contributed by atoms with Crippen LogP contribution in [0.25, 0.3) is 5.69 Å². The lowest BCUT2D eigenvalue weighted by Crippen LogP contribution is -2.29. The van der Waals surface area contributed by atoms with Gasteiger partial charge in [0.25, 0.3) is 0 Å². The Bertz CT molecular complexity index is 870. The number of hydrogen-bond acceptors (Lipinski definition) is 4. The summed E-state index contributed by atoms with van der Waals surface area (Å²) in [5.41, 5.74) is 2.73. The number of fused-ring (bicyclic) bond motifs is 1. The minimum Gasteiger partial charge on any atom is -0.472 e. The highest BCUT2D eigenvalue weighted by atomic mass is 19.4. The number of hydrogen-bond donors (Lipinski definition) is 1. The zero-order valence-corrected chi connectivity index (χ0v) is 13.7. The molecule has 5 nitrogen and oxygen atoms in total. The molecule has 0 saturated heterocycles. The van der Waals surface area contributed by atoms with Gasteiger partial charge < -0.3 is 14.5 Å². The van der Waals surface area contributed by atoms with Crippen LogP contribution in [-0.4, -0.2) is 16.4 Å². The Kier molecular flexibility index (Phi) is 4.29. The lowest BCUT2D eigenvalue weighted by atomic mass is 10.1. The van der Waals surface area contributed by atoms with Gasteiger partial charge in [-0.1, -0.05) is 0 Å². The van der Waals surface area contributed by atoms with E-state index in [0.29, 0.717) is 25.4 Å². The third-order valence-corrected chi connectivity index (χ3v) is 4.37. The maximum atomic E-state index is 12.7. The van der Waals surface area contributed by atoms with Crippen LogP contribution in [0.2, 0.25) is 0 Å². The van der Waals surface area contributed by atoms with Crippen LogP contribution < -0.4 is 5.32 Å². The number of ether oxygens (including phenoxy) is 1. The van der Waals surface area contributed by atoms with Crippen LogP contribution in [0, 0.1) is 0 Å². The van der Waals surface area contributed by atoms with E-state index in [1.807, 2.05) is 6.07 Å². The first-order chi connectivity index (χ1) is 12.5. The molecule has 0 fully saturated rings. The van der Waals surface area contributed by atoms with Gasteiger partial charge in [0, 0.05) is 17.7 Å². The van der Waals surface area contributed by atoms with Crippen LogP contribution in [0.5, 0.6) is 0 Å². The first kappa shape index (κ1) is 16.9. The largest absolute Gasteiger partial charge is 0.472 e. The highest BCUT2D eigenvalue weighted by Gasteiger charge is 2.30. The zero-order valence-electron chi connectivity index (χ0n) is 13.7. The lowest BCUT2D eigenvalue weighted by molar-refractivity contribution is -0.137. The van der Waals surface area contributed by atoms with Crippen molar-refractivity contribution in [3.05, 3.63) is 71.4 Å². The molecule has 3 aromatic rings. The van der Waals surface area contributed by atoms with Gasteiger partial charge in [0.2, 0.25) is 0 Å². The third kappa shape index (κ3) is 3.25. The van der Waals surface area contributed by atoms with E-state index in [-0.39, 0.29) is 6.04 Å². The van der Waals surface area contributed by atoms with Crippen LogP contribution in [0.3, 0.4) is 0 Å². The van der Waals surface area contributed by atoms with Gasteiger partial charge in [0.1, 0.15) is 0 Å². The molecule has 136 valence electrons. The van der Waals surface area contributed by atoms with E-state index in [1.165, 1.54) is 12.1 Å². The molecule has 0 amide bonds. The number of furan rings is 1. The number of benzene rings is 1. The van der Waals surface area contributed by atoms with Crippen molar-refractivity contribution in [1.82, 2.24) is 15.1 Å². The van der Waals surface area contributed by atoms with E-state index in [2.05, 4.69) is 10.4 Å². The van der Waals surface area contributed by atoms with Crippen molar-refractivity contribution in [2.75, 3.05) is 6.61 Å². The predicted octanol–water partition coefficient (Wildman–Crippen LogP) is 3.85. The average molecular weight is 363 g/mol. The Hall–Kier alpha value is -2.58. The van der Waals surface area contributed by atoms with E-state index in [0.717, 1.165) is 29.0 Å². The molecule has 0 unspecified atom stereocenters. The summed E-state index contributed by atoms with van der Waals surface area (Å²) < 4.78 is 50.5. The second kappa shape index (κ2) is 6.62. The number of nitrogens with zero attached hydrogens (tertiary/aromatic N) is 2. The van der Waals surface area contributed by atoms with Crippen molar-refractivity contribution >= 4 is 0 Å². The van der Waals surface area contributed by atoms with Gasteiger partial charge in [-0.3, -0.25) is 0 Å². The number of aromatic nitrogens is 2. The molecule has 3 heterocycles. The number of nitrogens with one attached hydrogen (secondary N) is 1. The van der Waals surface area contributed by atoms with Gasteiger partial charge >= 0.3 is 6.18 Å².